The third-order valence-corrected chi connectivity index (χ3v) is 6.34. The highest BCUT2D eigenvalue weighted by Crippen LogP contribution is 2.34. The summed E-state index contributed by atoms with van der Waals surface area (Å²) in [5.41, 5.74) is 0.557. The average Bonchev–Trinajstić information content (AvgIpc) is 3.61. The highest BCUT2D eigenvalue weighted by molar-refractivity contribution is 6.29. The molecule has 12 heteroatoms. The van der Waals surface area contributed by atoms with Gasteiger partial charge in [0.05, 0.1) is 19.1 Å². The van der Waals surface area contributed by atoms with E-state index in [1.165, 1.54) is 34.5 Å². The van der Waals surface area contributed by atoms with E-state index < -0.39 is 23.2 Å². The van der Waals surface area contributed by atoms with Crippen LogP contribution in [0.5, 0.6) is 5.75 Å². The van der Waals surface area contributed by atoms with Crippen LogP contribution in [0.3, 0.4) is 0 Å². The van der Waals surface area contributed by atoms with E-state index in [9.17, 15) is 14.4 Å². The Hall–Kier alpha value is -4.12. The number of aromatic nitrogens is 4. The van der Waals surface area contributed by atoms with Gasteiger partial charge in [0, 0.05) is 20.5 Å². The molecule has 1 aromatic carbocycles. The SMILES string of the molecule is COc1ccc(C2=NN(C(=O)Cn3c(Cl)nc4c3c(=O)n(C)c(=O)n4C)[C@@H](c3ccco3)C2)cc1. The first-order chi connectivity index (χ1) is 16.8. The van der Waals surface area contributed by atoms with Crippen molar-refractivity contribution in [3.8, 4) is 5.75 Å². The van der Waals surface area contributed by atoms with E-state index in [1.807, 2.05) is 24.3 Å². The molecule has 1 amide bonds. The van der Waals surface area contributed by atoms with Crippen molar-refractivity contribution in [1.29, 1.82) is 0 Å². The lowest BCUT2D eigenvalue weighted by atomic mass is 10.0. The average molecular weight is 497 g/mol. The summed E-state index contributed by atoms with van der Waals surface area (Å²) >= 11 is 6.31. The van der Waals surface area contributed by atoms with Crippen molar-refractivity contribution in [2.45, 2.75) is 19.0 Å². The summed E-state index contributed by atoms with van der Waals surface area (Å²) in [6.07, 6.45) is 1.97. The Bertz CT molecular complexity index is 1580. The number of halogens is 1. The molecular formula is C23H21ClN6O5. The Morgan fingerprint density at radius 1 is 1.17 bits per heavy atom. The van der Waals surface area contributed by atoms with Gasteiger partial charge < -0.3 is 9.15 Å². The van der Waals surface area contributed by atoms with Crippen molar-refractivity contribution >= 4 is 34.4 Å². The van der Waals surface area contributed by atoms with Gasteiger partial charge in [-0.25, -0.2) is 9.80 Å². The second-order valence-electron chi connectivity index (χ2n) is 8.09. The summed E-state index contributed by atoms with van der Waals surface area (Å²) in [4.78, 5) is 42.8. The number of benzene rings is 1. The second-order valence-corrected chi connectivity index (χ2v) is 8.43. The van der Waals surface area contributed by atoms with E-state index in [1.54, 1.807) is 19.2 Å². The van der Waals surface area contributed by atoms with Crippen molar-refractivity contribution in [2.24, 2.45) is 19.2 Å². The second kappa shape index (κ2) is 8.58. The van der Waals surface area contributed by atoms with Gasteiger partial charge >= 0.3 is 5.69 Å². The zero-order chi connectivity index (χ0) is 24.9. The Morgan fingerprint density at radius 3 is 2.57 bits per heavy atom. The minimum Gasteiger partial charge on any atom is -0.497 e. The fourth-order valence-corrected chi connectivity index (χ4v) is 4.40. The van der Waals surface area contributed by atoms with Crippen molar-refractivity contribution in [3.05, 3.63) is 80.1 Å². The number of methoxy groups -OCH3 is 1. The van der Waals surface area contributed by atoms with Gasteiger partial charge in [-0.2, -0.15) is 10.1 Å². The van der Waals surface area contributed by atoms with E-state index in [0.717, 1.165) is 10.1 Å². The zero-order valence-corrected chi connectivity index (χ0v) is 19.9. The van der Waals surface area contributed by atoms with E-state index >= 15 is 0 Å². The lowest BCUT2D eigenvalue weighted by Crippen LogP contribution is -2.38. The van der Waals surface area contributed by atoms with Crippen LogP contribution >= 0.6 is 11.6 Å². The summed E-state index contributed by atoms with van der Waals surface area (Å²) in [5.74, 6) is 0.859. The third-order valence-electron chi connectivity index (χ3n) is 6.06. The van der Waals surface area contributed by atoms with Crippen molar-refractivity contribution in [3.63, 3.8) is 0 Å². The highest BCUT2D eigenvalue weighted by Gasteiger charge is 2.35. The van der Waals surface area contributed by atoms with Crippen LogP contribution in [0, 0.1) is 0 Å². The molecule has 4 heterocycles. The zero-order valence-electron chi connectivity index (χ0n) is 19.1. The normalized spacial score (nSPS) is 15.6. The first-order valence-corrected chi connectivity index (χ1v) is 11.1. The van der Waals surface area contributed by atoms with Gasteiger partial charge in [0.2, 0.25) is 5.28 Å². The molecule has 0 saturated carbocycles. The number of carbonyl (C=O) groups is 1. The molecule has 1 atom stereocenters. The third kappa shape index (κ3) is 3.73. The lowest BCUT2D eigenvalue weighted by molar-refractivity contribution is -0.133. The summed E-state index contributed by atoms with van der Waals surface area (Å²) < 4.78 is 14.3. The smallest absolute Gasteiger partial charge is 0.332 e. The lowest BCUT2D eigenvalue weighted by Gasteiger charge is -2.20. The number of hydrogen-bond donors (Lipinski definition) is 0. The van der Waals surface area contributed by atoms with Gasteiger partial charge in [0.15, 0.2) is 11.2 Å². The van der Waals surface area contributed by atoms with Crippen LogP contribution in [-0.2, 0) is 25.4 Å². The molecular weight excluding hydrogens is 476 g/mol. The van der Waals surface area contributed by atoms with Gasteiger partial charge in [-0.05, 0) is 53.6 Å². The number of furan rings is 1. The molecule has 4 aromatic rings. The summed E-state index contributed by atoms with van der Waals surface area (Å²) in [5, 5.41) is 5.85. The predicted molar refractivity (Wildman–Crippen MR) is 128 cm³/mol. The van der Waals surface area contributed by atoms with Crippen molar-refractivity contribution < 1.29 is 13.9 Å². The predicted octanol–water partition coefficient (Wildman–Crippen LogP) is 2.07. The van der Waals surface area contributed by atoms with E-state index in [-0.39, 0.29) is 23.0 Å². The van der Waals surface area contributed by atoms with Crippen LogP contribution in [0.15, 0.2) is 61.8 Å². The van der Waals surface area contributed by atoms with Gasteiger partial charge in [-0.1, -0.05) is 0 Å². The minimum absolute atomic E-state index is 0.0565. The Labute approximate surface area is 203 Å². The number of carbonyl (C=O) groups excluding carboxylic acids is 1. The molecule has 11 nitrogen and oxygen atoms in total. The molecule has 35 heavy (non-hydrogen) atoms. The van der Waals surface area contributed by atoms with Gasteiger partial charge in [0.1, 0.15) is 24.1 Å². The molecule has 1 aliphatic heterocycles. The first-order valence-electron chi connectivity index (χ1n) is 10.7. The number of amides is 1. The van der Waals surface area contributed by atoms with Crippen LogP contribution in [0.2, 0.25) is 5.28 Å². The van der Waals surface area contributed by atoms with Gasteiger partial charge in [-0.15, -0.1) is 0 Å². The molecule has 1 aliphatic rings. The minimum atomic E-state index is -0.596. The largest absolute Gasteiger partial charge is 0.497 e. The number of aryl methyl sites for hydroxylation is 1. The Kier molecular flexibility index (Phi) is 5.56. The quantitative estimate of drug-likeness (QED) is 0.390. The van der Waals surface area contributed by atoms with Gasteiger partial charge in [-0.3, -0.25) is 23.3 Å². The topological polar surface area (TPSA) is 117 Å². The highest BCUT2D eigenvalue weighted by atomic mass is 35.5. The number of ether oxygens (including phenoxy) is 1. The molecule has 3 aromatic heterocycles. The van der Waals surface area contributed by atoms with Crippen LogP contribution in [-0.4, -0.2) is 42.4 Å². The molecule has 0 aliphatic carbocycles. The monoisotopic (exact) mass is 496 g/mol. The molecule has 0 spiro atoms. The molecule has 0 fully saturated rings. The van der Waals surface area contributed by atoms with Crippen LogP contribution in [0.1, 0.15) is 23.8 Å². The van der Waals surface area contributed by atoms with Crippen LogP contribution in [0.25, 0.3) is 11.2 Å². The molecule has 0 radical (unpaired) electrons. The molecule has 0 saturated heterocycles. The standard InChI is InChI=1S/C23H21ClN6O5/c1-27-20-19(21(32)28(2)23(27)33)29(22(24)25-20)12-18(31)30-16(17-5-4-10-35-17)11-15(26-30)13-6-8-14(34-3)9-7-13/h4-10,16H,11-12H2,1-3H3/t16-/m1/s1. The van der Waals surface area contributed by atoms with E-state index in [0.29, 0.717) is 23.6 Å². The molecule has 5 rings (SSSR count). The molecule has 0 unspecified atom stereocenters. The number of fused-ring (bicyclic) bond motifs is 1. The number of hydrogen-bond acceptors (Lipinski definition) is 7. The van der Waals surface area contributed by atoms with Gasteiger partial charge in [0.25, 0.3) is 11.5 Å². The maximum Gasteiger partial charge on any atom is 0.332 e. The summed E-state index contributed by atoms with van der Waals surface area (Å²) in [6.45, 7) is -0.306. The molecule has 0 bridgehead atoms. The summed E-state index contributed by atoms with van der Waals surface area (Å²) in [7, 11) is 4.43. The van der Waals surface area contributed by atoms with E-state index in [2.05, 4.69) is 10.1 Å². The van der Waals surface area contributed by atoms with Crippen LogP contribution < -0.4 is 16.0 Å². The maximum absolute atomic E-state index is 13.5. The number of nitrogens with zero attached hydrogens (tertiary/aromatic N) is 6. The van der Waals surface area contributed by atoms with Crippen molar-refractivity contribution in [1.82, 2.24) is 23.7 Å². The molecule has 180 valence electrons. The van der Waals surface area contributed by atoms with Crippen LogP contribution in [0.4, 0.5) is 0 Å². The fourth-order valence-electron chi connectivity index (χ4n) is 4.17. The fraction of sp³-hybridized carbons (Fsp3) is 0.261. The Balaban J connectivity index is 1.54. The maximum atomic E-state index is 13.5. The van der Waals surface area contributed by atoms with Crippen molar-refractivity contribution in [2.75, 3.05) is 7.11 Å². The number of rotatable bonds is 5. The van der Waals surface area contributed by atoms with E-state index in [4.69, 9.17) is 20.8 Å². The Morgan fingerprint density at radius 2 is 1.91 bits per heavy atom. The first kappa shape index (κ1) is 22.7. The number of imidazole rings is 1. The molecule has 0 N–H and O–H groups in total. The summed E-state index contributed by atoms with van der Waals surface area (Å²) in [6, 6.07) is 10.4. The number of hydrazone groups is 1.